The number of nitrogens with zero attached hydrogens (tertiary/aromatic N) is 3. The maximum Gasteiger partial charge on any atom is 0.155 e. The molecule has 0 amide bonds. The van der Waals surface area contributed by atoms with Crippen molar-refractivity contribution in [3.8, 4) is 0 Å². The van der Waals surface area contributed by atoms with Crippen LogP contribution < -0.4 is 5.32 Å². The van der Waals surface area contributed by atoms with E-state index in [2.05, 4.69) is 15.3 Å². The number of hydrogen-bond acceptors (Lipinski definition) is 3. The van der Waals surface area contributed by atoms with Gasteiger partial charge in [0.05, 0.1) is 24.8 Å². The topological polar surface area (TPSA) is 42.2 Å². The molecule has 0 aliphatic carbocycles. The van der Waals surface area contributed by atoms with Crippen LogP contribution in [0.3, 0.4) is 0 Å². The number of nitrogens with one attached hydrogen (secondary N) is 1. The van der Waals surface area contributed by atoms with Gasteiger partial charge in [0.2, 0.25) is 0 Å². The average molecular weight is 208 g/mol. The maximum atomic E-state index is 11.8. The lowest BCUT2D eigenvalue weighted by molar-refractivity contribution is 0.458. The predicted octanol–water partition coefficient (Wildman–Crippen LogP) is 1.18. The van der Waals surface area contributed by atoms with Gasteiger partial charge >= 0.3 is 0 Å². The number of halogens is 1. The van der Waals surface area contributed by atoms with Crippen LogP contribution in [0, 0.1) is 0 Å². The minimum absolute atomic E-state index is 0.274. The van der Waals surface area contributed by atoms with Crippen molar-refractivity contribution in [2.75, 3.05) is 13.2 Å². The second kappa shape index (κ2) is 4.84. The molecular weight excluding hydrogens is 195 g/mol. The van der Waals surface area contributed by atoms with Crippen LogP contribution in [0.1, 0.15) is 12.1 Å². The van der Waals surface area contributed by atoms with E-state index >= 15 is 0 Å². The zero-order chi connectivity index (χ0) is 10.5. The summed E-state index contributed by atoms with van der Waals surface area (Å²) in [6.07, 6.45) is 7.66. The summed E-state index contributed by atoms with van der Waals surface area (Å²) in [5.74, 6) is 0. The second-order valence-electron chi connectivity index (χ2n) is 3.27. The first-order valence-corrected chi connectivity index (χ1v) is 4.94. The minimum Gasteiger partial charge on any atom is -0.311 e. The number of rotatable bonds is 5. The average Bonchev–Trinajstić information content (AvgIpc) is 2.68. The van der Waals surface area contributed by atoms with Gasteiger partial charge in [-0.3, -0.25) is 13.8 Å². The molecule has 0 aromatic carbocycles. The molecular formula is C10H13FN4. The fourth-order valence-electron chi connectivity index (χ4n) is 1.43. The predicted molar refractivity (Wildman–Crippen MR) is 55.3 cm³/mol. The smallest absolute Gasteiger partial charge is 0.155 e. The van der Waals surface area contributed by atoms with Gasteiger partial charge in [0.1, 0.15) is 0 Å². The quantitative estimate of drug-likeness (QED) is 0.750. The second-order valence-corrected chi connectivity index (χ2v) is 3.27. The van der Waals surface area contributed by atoms with E-state index in [-0.39, 0.29) is 6.67 Å². The molecule has 0 radical (unpaired) electrons. The SMILES string of the molecule is FCCCNCc1cnc2cnccn12. The molecule has 2 aromatic heterocycles. The molecule has 0 spiro atoms. The minimum atomic E-state index is -0.274. The highest BCUT2D eigenvalue weighted by atomic mass is 19.1. The molecule has 0 bridgehead atoms. The third-order valence-corrected chi connectivity index (χ3v) is 2.19. The van der Waals surface area contributed by atoms with E-state index in [1.165, 1.54) is 0 Å². The van der Waals surface area contributed by atoms with Crippen LogP contribution in [0.15, 0.2) is 24.8 Å². The molecule has 0 aliphatic heterocycles. The number of aromatic nitrogens is 3. The Morgan fingerprint density at radius 1 is 1.40 bits per heavy atom. The third-order valence-electron chi connectivity index (χ3n) is 2.19. The molecule has 0 saturated heterocycles. The summed E-state index contributed by atoms with van der Waals surface area (Å²) in [6.45, 7) is 1.12. The number of fused-ring (bicyclic) bond motifs is 1. The van der Waals surface area contributed by atoms with E-state index in [0.717, 1.165) is 11.3 Å². The standard InChI is InChI=1S/C10H13FN4/c11-2-1-3-12-6-9-7-14-10-8-13-4-5-15(9)10/h4-5,7-8,12H,1-3,6H2. The van der Waals surface area contributed by atoms with Crippen LogP contribution in [0.25, 0.3) is 5.65 Å². The van der Waals surface area contributed by atoms with E-state index in [1.807, 2.05) is 10.6 Å². The largest absolute Gasteiger partial charge is 0.311 e. The first-order valence-electron chi connectivity index (χ1n) is 4.94. The third kappa shape index (κ3) is 2.30. The molecule has 80 valence electrons. The Morgan fingerprint density at radius 2 is 2.33 bits per heavy atom. The van der Waals surface area contributed by atoms with Gasteiger partial charge in [-0.05, 0) is 13.0 Å². The highest BCUT2D eigenvalue weighted by Gasteiger charge is 2.01. The number of hydrogen-bond donors (Lipinski definition) is 1. The van der Waals surface area contributed by atoms with E-state index in [4.69, 9.17) is 0 Å². The molecule has 0 aliphatic rings. The van der Waals surface area contributed by atoms with E-state index in [1.54, 1.807) is 18.6 Å². The van der Waals surface area contributed by atoms with Crippen molar-refractivity contribution in [3.63, 3.8) is 0 Å². The first-order chi connectivity index (χ1) is 7.42. The molecule has 1 N–H and O–H groups in total. The Morgan fingerprint density at radius 3 is 3.20 bits per heavy atom. The van der Waals surface area contributed by atoms with Gasteiger partial charge in [0.15, 0.2) is 5.65 Å². The van der Waals surface area contributed by atoms with Crippen LogP contribution in [0.2, 0.25) is 0 Å². The molecule has 0 saturated carbocycles. The lowest BCUT2D eigenvalue weighted by Gasteiger charge is -2.02. The Balaban J connectivity index is 2.02. The molecule has 5 heteroatoms. The Kier molecular flexibility index (Phi) is 3.24. The van der Waals surface area contributed by atoms with Crippen LogP contribution in [-0.4, -0.2) is 27.6 Å². The normalized spacial score (nSPS) is 11.0. The van der Waals surface area contributed by atoms with Crippen molar-refractivity contribution in [1.29, 1.82) is 0 Å². The summed E-state index contributed by atoms with van der Waals surface area (Å²) in [7, 11) is 0. The van der Waals surface area contributed by atoms with Gasteiger partial charge in [0, 0.05) is 18.9 Å². The fourth-order valence-corrected chi connectivity index (χ4v) is 1.43. The van der Waals surface area contributed by atoms with Gasteiger partial charge in [-0.15, -0.1) is 0 Å². The van der Waals surface area contributed by atoms with Crippen molar-refractivity contribution in [2.24, 2.45) is 0 Å². The molecule has 4 nitrogen and oxygen atoms in total. The Hall–Kier alpha value is -1.49. The van der Waals surface area contributed by atoms with Crippen LogP contribution >= 0.6 is 0 Å². The Bertz CT molecular complexity index is 426. The molecule has 0 unspecified atom stereocenters. The van der Waals surface area contributed by atoms with Crippen molar-refractivity contribution in [3.05, 3.63) is 30.5 Å². The molecule has 2 aromatic rings. The molecule has 2 heterocycles. The molecule has 2 rings (SSSR count). The molecule has 0 atom stereocenters. The van der Waals surface area contributed by atoms with E-state index in [0.29, 0.717) is 19.5 Å². The monoisotopic (exact) mass is 208 g/mol. The van der Waals surface area contributed by atoms with Crippen molar-refractivity contribution < 1.29 is 4.39 Å². The van der Waals surface area contributed by atoms with Gasteiger partial charge in [-0.2, -0.15) is 0 Å². The van der Waals surface area contributed by atoms with Gasteiger partial charge in [-0.1, -0.05) is 0 Å². The van der Waals surface area contributed by atoms with Crippen LogP contribution in [0.4, 0.5) is 4.39 Å². The van der Waals surface area contributed by atoms with Crippen molar-refractivity contribution >= 4 is 5.65 Å². The lowest BCUT2D eigenvalue weighted by atomic mass is 10.4. The van der Waals surface area contributed by atoms with Crippen molar-refractivity contribution in [1.82, 2.24) is 19.7 Å². The van der Waals surface area contributed by atoms with Gasteiger partial charge in [0.25, 0.3) is 0 Å². The summed E-state index contributed by atoms with van der Waals surface area (Å²) in [5, 5.41) is 3.16. The van der Waals surface area contributed by atoms with Gasteiger partial charge < -0.3 is 5.32 Å². The maximum absolute atomic E-state index is 11.8. The van der Waals surface area contributed by atoms with Crippen LogP contribution in [-0.2, 0) is 6.54 Å². The summed E-state index contributed by atoms with van der Waals surface area (Å²) < 4.78 is 13.8. The van der Waals surface area contributed by atoms with Crippen LogP contribution in [0.5, 0.6) is 0 Å². The zero-order valence-electron chi connectivity index (χ0n) is 8.36. The lowest BCUT2D eigenvalue weighted by Crippen LogP contribution is -2.16. The summed E-state index contributed by atoms with van der Waals surface area (Å²) in [6, 6.07) is 0. The summed E-state index contributed by atoms with van der Waals surface area (Å²) in [4.78, 5) is 8.19. The first kappa shape index (κ1) is 10.0. The van der Waals surface area contributed by atoms with E-state index in [9.17, 15) is 4.39 Å². The molecule has 0 fully saturated rings. The fraction of sp³-hybridized carbons (Fsp3) is 0.400. The highest BCUT2D eigenvalue weighted by Crippen LogP contribution is 2.03. The number of alkyl halides is 1. The summed E-state index contributed by atoms with van der Waals surface area (Å²) >= 11 is 0. The van der Waals surface area contributed by atoms with E-state index < -0.39 is 0 Å². The van der Waals surface area contributed by atoms with Crippen molar-refractivity contribution in [2.45, 2.75) is 13.0 Å². The Labute approximate surface area is 87.2 Å². The summed E-state index contributed by atoms with van der Waals surface area (Å²) in [5.41, 5.74) is 1.89. The molecule has 15 heavy (non-hydrogen) atoms. The zero-order valence-corrected chi connectivity index (χ0v) is 8.36. The number of imidazole rings is 1. The van der Waals surface area contributed by atoms with Gasteiger partial charge in [-0.25, -0.2) is 4.98 Å². The highest BCUT2D eigenvalue weighted by molar-refractivity contribution is 5.36.